The van der Waals surface area contributed by atoms with Crippen molar-refractivity contribution in [2.24, 2.45) is 0 Å². The highest BCUT2D eigenvalue weighted by Crippen LogP contribution is 2.62. The van der Waals surface area contributed by atoms with Crippen molar-refractivity contribution in [2.75, 3.05) is 6.54 Å². The maximum Gasteiger partial charge on any atom is 0.516 e. The van der Waals surface area contributed by atoms with Crippen LogP contribution < -0.4 is 9.05 Å². The Kier molecular flexibility index (Phi) is 4.31. The lowest BCUT2D eigenvalue weighted by atomic mass is 10.2. The van der Waals surface area contributed by atoms with Gasteiger partial charge in [-0.15, -0.1) is 0 Å². The van der Waals surface area contributed by atoms with Gasteiger partial charge in [-0.2, -0.15) is 4.67 Å². The molecule has 1 aliphatic rings. The predicted octanol–water partition coefficient (Wildman–Crippen LogP) is 5.31. The largest absolute Gasteiger partial charge is 0.516 e. The van der Waals surface area contributed by atoms with E-state index in [1.807, 2.05) is 66.7 Å². The first kappa shape index (κ1) is 15.9. The summed E-state index contributed by atoms with van der Waals surface area (Å²) in [5.41, 5.74) is 1.11. The van der Waals surface area contributed by atoms with E-state index in [4.69, 9.17) is 9.05 Å². The van der Waals surface area contributed by atoms with E-state index < -0.39 is 7.75 Å². The van der Waals surface area contributed by atoms with Crippen molar-refractivity contribution in [3.63, 3.8) is 0 Å². The molecule has 3 aromatic carbocycles. The Morgan fingerprint density at radius 1 is 0.720 bits per heavy atom. The van der Waals surface area contributed by atoms with E-state index in [9.17, 15) is 4.57 Å². The van der Waals surface area contributed by atoms with Gasteiger partial charge in [0.2, 0.25) is 0 Å². The van der Waals surface area contributed by atoms with Gasteiger partial charge < -0.3 is 9.05 Å². The smallest absolute Gasteiger partial charge is 0.404 e. The minimum atomic E-state index is -3.51. The highest BCUT2D eigenvalue weighted by molar-refractivity contribution is 7.52. The minimum absolute atomic E-state index is 0.0412. The number of nitrogens with zero attached hydrogens (tertiary/aromatic N) is 1. The van der Waals surface area contributed by atoms with E-state index in [1.165, 1.54) is 0 Å². The molecule has 2 unspecified atom stereocenters. The van der Waals surface area contributed by atoms with Crippen molar-refractivity contribution >= 4 is 7.75 Å². The Hall–Kier alpha value is -2.55. The van der Waals surface area contributed by atoms with Crippen molar-refractivity contribution in [2.45, 2.75) is 6.04 Å². The molecule has 126 valence electrons. The van der Waals surface area contributed by atoms with Gasteiger partial charge in [0, 0.05) is 6.54 Å². The van der Waals surface area contributed by atoms with E-state index in [-0.39, 0.29) is 6.04 Å². The number of rotatable bonds is 6. The highest BCUT2D eigenvalue weighted by atomic mass is 31.2. The molecule has 0 aromatic heterocycles. The molecule has 1 saturated heterocycles. The fraction of sp³-hybridized carbons (Fsp3) is 0.100. The molecule has 0 amide bonds. The fourth-order valence-electron chi connectivity index (χ4n) is 2.71. The third-order valence-electron chi connectivity index (χ3n) is 4.01. The van der Waals surface area contributed by atoms with E-state index in [2.05, 4.69) is 0 Å². The zero-order valence-electron chi connectivity index (χ0n) is 13.6. The molecule has 4 rings (SSSR count). The topological polar surface area (TPSA) is 38.5 Å². The number of benzene rings is 3. The maximum atomic E-state index is 13.6. The molecule has 0 saturated carbocycles. The lowest BCUT2D eigenvalue weighted by Gasteiger charge is -2.21. The first-order valence-electron chi connectivity index (χ1n) is 8.16. The Morgan fingerprint density at radius 2 is 1.16 bits per heavy atom. The molecular weight excluding hydrogens is 333 g/mol. The lowest BCUT2D eigenvalue weighted by Crippen LogP contribution is -2.09. The average Bonchev–Trinajstić information content (AvgIpc) is 3.46. The number of hydrogen-bond donors (Lipinski definition) is 0. The van der Waals surface area contributed by atoms with Crippen molar-refractivity contribution < 1.29 is 13.6 Å². The maximum absolute atomic E-state index is 13.6. The summed E-state index contributed by atoms with van der Waals surface area (Å²) < 4.78 is 27.0. The molecule has 25 heavy (non-hydrogen) atoms. The summed E-state index contributed by atoms with van der Waals surface area (Å²) in [6.45, 7) is 0.640. The molecule has 0 radical (unpaired) electrons. The summed E-state index contributed by atoms with van der Waals surface area (Å²) in [5, 5.41) is 0. The van der Waals surface area contributed by atoms with Gasteiger partial charge in [0.25, 0.3) is 0 Å². The predicted molar refractivity (Wildman–Crippen MR) is 97.6 cm³/mol. The van der Waals surface area contributed by atoms with Crippen LogP contribution in [0.15, 0.2) is 91.0 Å². The van der Waals surface area contributed by atoms with Gasteiger partial charge in [-0.3, -0.25) is 0 Å². The molecule has 1 aliphatic heterocycles. The van der Waals surface area contributed by atoms with Gasteiger partial charge in [0.15, 0.2) is 0 Å². The Labute approximate surface area is 147 Å². The molecule has 3 aromatic rings. The van der Waals surface area contributed by atoms with Gasteiger partial charge >= 0.3 is 7.75 Å². The van der Waals surface area contributed by atoms with Crippen molar-refractivity contribution in [3.8, 4) is 11.5 Å². The lowest BCUT2D eigenvalue weighted by molar-refractivity contribution is 0.345. The summed E-state index contributed by atoms with van der Waals surface area (Å²) in [6, 6.07) is 28.3. The summed E-state index contributed by atoms with van der Waals surface area (Å²) in [4.78, 5) is 0. The van der Waals surface area contributed by atoms with Gasteiger partial charge in [0.05, 0.1) is 6.04 Å². The van der Waals surface area contributed by atoms with Crippen LogP contribution in [0.3, 0.4) is 0 Å². The Bertz CT molecular complexity index is 826. The van der Waals surface area contributed by atoms with Crippen molar-refractivity contribution in [1.82, 2.24) is 4.67 Å². The first-order valence-corrected chi connectivity index (χ1v) is 9.65. The zero-order valence-corrected chi connectivity index (χ0v) is 14.5. The van der Waals surface area contributed by atoms with E-state index >= 15 is 0 Å². The molecule has 5 heteroatoms. The molecule has 0 bridgehead atoms. The zero-order chi connectivity index (χ0) is 17.1. The van der Waals surface area contributed by atoms with E-state index in [0.29, 0.717) is 18.0 Å². The average molecular weight is 351 g/mol. The molecule has 1 heterocycles. The van der Waals surface area contributed by atoms with Crippen LogP contribution in [0.1, 0.15) is 11.6 Å². The summed E-state index contributed by atoms with van der Waals surface area (Å²) in [6.07, 6.45) is 0. The van der Waals surface area contributed by atoms with Crippen LogP contribution in [0.2, 0.25) is 0 Å². The van der Waals surface area contributed by atoms with Gasteiger partial charge in [-0.25, -0.2) is 4.57 Å². The molecule has 0 aliphatic carbocycles. The molecule has 2 atom stereocenters. The second kappa shape index (κ2) is 6.75. The van der Waals surface area contributed by atoms with E-state index in [0.717, 1.165) is 5.56 Å². The quantitative estimate of drug-likeness (QED) is 0.446. The normalized spacial score (nSPS) is 19.2. The first-order chi connectivity index (χ1) is 12.2. The van der Waals surface area contributed by atoms with Crippen LogP contribution in [-0.2, 0) is 4.57 Å². The molecule has 0 N–H and O–H groups in total. The minimum Gasteiger partial charge on any atom is -0.404 e. The van der Waals surface area contributed by atoms with Crippen LogP contribution >= 0.6 is 7.75 Å². The number of para-hydroxylation sites is 2. The monoisotopic (exact) mass is 351 g/mol. The fourth-order valence-corrected chi connectivity index (χ4v) is 4.56. The van der Waals surface area contributed by atoms with Crippen LogP contribution in [0.4, 0.5) is 0 Å². The van der Waals surface area contributed by atoms with Crippen molar-refractivity contribution in [1.29, 1.82) is 0 Å². The summed E-state index contributed by atoms with van der Waals surface area (Å²) in [5.74, 6) is 1.06. The second-order valence-corrected chi connectivity index (χ2v) is 7.64. The van der Waals surface area contributed by atoms with Gasteiger partial charge in [0.1, 0.15) is 11.5 Å². The van der Waals surface area contributed by atoms with Crippen LogP contribution in [0.5, 0.6) is 11.5 Å². The third kappa shape index (κ3) is 3.60. The van der Waals surface area contributed by atoms with Crippen LogP contribution in [0.25, 0.3) is 0 Å². The number of hydrogen-bond acceptors (Lipinski definition) is 3. The molecular formula is C20H18NO3P. The third-order valence-corrected chi connectivity index (χ3v) is 5.97. The van der Waals surface area contributed by atoms with E-state index in [1.54, 1.807) is 28.9 Å². The SMILES string of the molecule is O=P(Oc1ccccc1)(Oc1ccccc1)N1CC1c1ccccc1. The van der Waals surface area contributed by atoms with Crippen molar-refractivity contribution in [3.05, 3.63) is 96.6 Å². The molecule has 1 fully saturated rings. The Balaban J connectivity index is 1.61. The standard InChI is InChI=1S/C20H18NO3P/c22-25(23-18-12-6-2-7-13-18,24-19-14-8-3-9-15-19)21-16-20(21)17-10-4-1-5-11-17/h1-15,20H,16H2. The van der Waals surface area contributed by atoms with Gasteiger partial charge in [-0.1, -0.05) is 66.7 Å². The molecule has 0 spiro atoms. The summed E-state index contributed by atoms with van der Waals surface area (Å²) in [7, 11) is -3.51. The Morgan fingerprint density at radius 3 is 1.64 bits per heavy atom. The molecule has 4 nitrogen and oxygen atoms in total. The second-order valence-electron chi connectivity index (χ2n) is 5.83. The van der Waals surface area contributed by atoms with Crippen LogP contribution in [0, 0.1) is 0 Å². The highest BCUT2D eigenvalue weighted by Gasteiger charge is 2.53. The van der Waals surface area contributed by atoms with Crippen LogP contribution in [-0.4, -0.2) is 11.2 Å². The van der Waals surface area contributed by atoms with Gasteiger partial charge in [-0.05, 0) is 29.8 Å². The summed E-state index contributed by atoms with van der Waals surface area (Å²) >= 11 is 0.